The highest BCUT2D eigenvalue weighted by Crippen LogP contribution is 2.45. The van der Waals surface area contributed by atoms with Crippen LogP contribution in [0.3, 0.4) is 0 Å². The molecule has 2 aromatic rings. The molecule has 2 fully saturated rings. The number of carbonyl (C=O) groups excluding carboxylic acids is 2. The van der Waals surface area contributed by atoms with Crippen molar-refractivity contribution in [2.45, 2.75) is 26.2 Å². The third-order valence-electron chi connectivity index (χ3n) is 6.37. The number of carbonyl (C=O) groups is 2. The quantitative estimate of drug-likeness (QED) is 0.838. The van der Waals surface area contributed by atoms with Gasteiger partial charge in [0.2, 0.25) is 11.8 Å². The van der Waals surface area contributed by atoms with Crippen LogP contribution in [0.4, 0.5) is 10.1 Å². The van der Waals surface area contributed by atoms with Crippen LogP contribution in [0.15, 0.2) is 48.5 Å². The lowest BCUT2D eigenvalue weighted by atomic mass is 9.71. The largest absolute Gasteiger partial charge is 0.381 e. The van der Waals surface area contributed by atoms with Crippen molar-refractivity contribution >= 4 is 17.5 Å². The second-order valence-corrected chi connectivity index (χ2v) is 8.46. The van der Waals surface area contributed by atoms with Crippen molar-refractivity contribution in [2.24, 2.45) is 11.3 Å². The van der Waals surface area contributed by atoms with E-state index in [4.69, 9.17) is 4.74 Å². The van der Waals surface area contributed by atoms with Gasteiger partial charge in [0, 0.05) is 37.4 Å². The third-order valence-corrected chi connectivity index (χ3v) is 6.37. The highest BCUT2D eigenvalue weighted by atomic mass is 19.1. The van der Waals surface area contributed by atoms with Crippen LogP contribution in [0.2, 0.25) is 0 Å². The molecule has 1 atom stereocenters. The number of anilines is 1. The van der Waals surface area contributed by atoms with Gasteiger partial charge in [0.1, 0.15) is 5.82 Å². The lowest BCUT2D eigenvalue weighted by molar-refractivity contribution is -0.130. The number of nitrogens with zero attached hydrogens (tertiary/aromatic N) is 1. The van der Waals surface area contributed by atoms with Gasteiger partial charge in [-0.25, -0.2) is 4.39 Å². The van der Waals surface area contributed by atoms with Crippen molar-refractivity contribution < 1.29 is 18.7 Å². The Kier molecular flexibility index (Phi) is 5.86. The molecule has 0 aromatic heterocycles. The van der Waals surface area contributed by atoms with Gasteiger partial charge in [0.05, 0.1) is 12.3 Å². The zero-order chi connectivity index (χ0) is 21.1. The number of halogens is 1. The molecule has 2 amide bonds. The van der Waals surface area contributed by atoms with E-state index < -0.39 is 5.82 Å². The Morgan fingerprint density at radius 2 is 1.90 bits per heavy atom. The summed E-state index contributed by atoms with van der Waals surface area (Å²) in [5.74, 6) is -0.861. The molecule has 5 nitrogen and oxygen atoms in total. The van der Waals surface area contributed by atoms with Crippen molar-refractivity contribution in [1.29, 1.82) is 0 Å². The van der Waals surface area contributed by atoms with Crippen LogP contribution in [-0.4, -0.2) is 43.0 Å². The summed E-state index contributed by atoms with van der Waals surface area (Å²) in [5.41, 5.74) is 2.27. The third kappa shape index (κ3) is 4.38. The van der Waals surface area contributed by atoms with Crippen LogP contribution < -0.4 is 5.32 Å². The van der Waals surface area contributed by atoms with E-state index in [1.54, 1.807) is 12.1 Å². The summed E-state index contributed by atoms with van der Waals surface area (Å²) in [4.78, 5) is 28.0. The van der Waals surface area contributed by atoms with Crippen LogP contribution in [0.25, 0.3) is 0 Å². The van der Waals surface area contributed by atoms with E-state index in [9.17, 15) is 14.0 Å². The topological polar surface area (TPSA) is 58.6 Å². The Bertz CT molecular complexity index is 922. The summed E-state index contributed by atoms with van der Waals surface area (Å²) in [7, 11) is 0. The van der Waals surface area contributed by atoms with Gasteiger partial charge in [0.25, 0.3) is 0 Å². The smallest absolute Gasteiger partial charge is 0.229 e. The molecule has 1 N–H and O–H groups in total. The number of benzene rings is 2. The van der Waals surface area contributed by atoms with Crippen LogP contribution in [0.1, 0.15) is 24.0 Å². The molecule has 2 saturated heterocycles. The normalized spacial score (nSPS) is 20.3. The van der Waals surface area contributed by atoms with E-state index in [1.807, 2.05) is 36.1 Å². The van der Waals surface area contributed by atoms with Gasteiger partial charge in [-0.15, -0.1) is 0 Å². The van der Waals surface area contributed by atoms with Crippen LogP contribution in [-0.2, 0) is 20.7 Å². The first-order valence-corrected chi connectivity index (χ1v) is 10.4. The molecule has 158 valence electrons. The van der Waals surface area contributed by atoms with E-state index in [0.717, 1.165) is 24.0 Å². The van der Waals surface area contributed by atoms with E-state index in [1.165, 1.54) is 12.1 Å². The molecular formula is C24H27FN2O3. The number of rotatable bonds is 4. The number of ether oxygens (including phenoxy) is 1. The first kappa shape index (κ1) is 20.5. The second-order valence-electron chi connectivity index (χ2n) is 8.46. The first-order chi connectivity index (χ1) is 14.4. The van der Waals surface area contributed by atoms with Gasteiger partial charge < -0.3 is 15.0 Å². The molecule has 0 aliphatic carbocycles. The predicted octanol–water partition coefficient (Wildman–Crippen LogP) is 3.57. The Hall–Kier alpha value is -2.73. The van der Waals surface area contributed by atoms with Gasteiger partial charge in [0.15, 0.2) is 0 Å². The number of nitrogens with one attached hydrogen (secondary N) is 1. The summed E-state index contributed by atoms with van der Waals surface area (Å²) < 4.78 is 19.1. The van der Waals surface area contributed by atoms with Gasteiger partial charge in [-0.05, 0) is 43.5 Å². The minimum Gasteiger partial charge on any atom is -0.381 e. The number of hydrogen-bond donors (Lipinski definition) is 1. The van der Waals surface area contributed by atoms with E-state index >= 15 is 0 Å². The van der Waals surface area contributed by atoms with Crippen molar-refractivity contribution in [2.75, 3.05) is 31.6 Å². The number of likely N-dealkylation sites (tertiary alicyclic amines) is 1. The van der Waals surface area contributed by atoms with Gasteiger partial charge in [-0.1, -0.05) is 35.9 Å². The molecule has 0 saturated carbocycles. The molecule has 0 bridgehead atoms. The van der Waals surface area contributed by atoms with E-state index in [-0.39, 0.29) is 23.1 Å². The lowest BCUT2D eigenvalue weighted by Crippen LogP contribution is -2.42. The lowest BCUT2D eigenvalue weighted by Gasteiger charge is -2.37. The highest BCUT2D eigenvalue weighted by molar-refractivity contribution is 5.94. The standard InChI is InChI=1S/C24H27FN2O3/c1-17-5-7-18(8-6-17)13-22(28)27-15-21(24(16-27)9-11-30-12-10-24)23(29)26-20-4-2-3-19(25)14-20/h2-8,14,21H,9-13,15-16H2,1H3,(H,26,29)/t21-/m0/s1. The Morgan fingerprint density at radius 3 is 2.60 bits per heavy atom. The van der Waals surface area contributed by atoms with Crippen LogP contribution >= 0.6 is 0 Å². The molecule has 2 aromatic carbocycles. The van der Waals surface area contributed by atoms with E-state index in [0.29, 0.717) is 38.4 Å². The Morgan fingerprint density at radius 1 is 1.17 bits per heavy atom. The van der Waals surface area contributed by atoms with Crippen molar-refractivity contribution in [3.05, 3.63) is 65.5 Å². The fourth-order valence-electron chi connectivity index (χ4n) is 4.59. The predicted molar refractivity (Wildman–Crippen MR) is 112 cm³/mol. The average Bonchev–Trinajstić information content (AvgIpc) is 3.09. The minimum absolute atomic E-state index is 0.0331. The molecule has 0 unspecified atom stereocenters. The van der Waals surface area contributed by atoms with Crippen molar-refractivity contribution in [3.63, 3.8) is 0 Å². The fourth-order valence-corrected chi connectivity index (χ4v) is 4.59. The van der Waals surface area contributed by atoms with E-state index in [2.05, 4.69) is 5.32 Å². The second kappa shape index (κ2) is 8.56. The summed E-state index contributed by atoms with van der Waals surface area (Å²) in [6.45, 7) is 4.13. The number of amides is 2. The molecule has 6 heteroatoms. The fraction of sp³-hybridized carbons (Fsp3) is 0.417. The maximum absolute atomic E-state index is 13.5. The Balaban J connectivity index is 1.50. The van der Waals surface area contributed by atoms with Gasteiger partial charge in [-0.2, -0.15) is 0 Å². The molecule has 0 radical (unpaired) electrons. The summed E-state index contributed by atoms with van der Waals surface area (Å²) in [6.07, 6.45) is 1.80. The molecule has 2 heterocycles. The zero-order valence-electron chi connectivity index (χ0n) is 17.2. The van der Waals surface area contributed by atoms with Crippen LogP contribution in [0, 0.1) is 24.1 Å². The highest BCUT2D eigenvalue weighted by Gasteiger charge is 2.51. The molecule has 4 rings (SSSR count). The molecular weight excluding hydrogens is 383 g/mol. The maximum atomic E-state index is 13.5. The maximum Gasteiger partial charge on any atom is 0.229 e. The number of aryl methyl sites for hydroxylation is 1. The molecule has 1 spiro atoms. The average molecular weight is 410 g/mol. The van der Waals surface area contributed by atoms with Gasteiger partial charge in [-0.3, -0.25) is 9.59 Å². The van der Waals surface area contributed by atoms with Crippen molar-refractivity contribution in [3.8, 4) is 0 Å². The Labute approximate surface area is 176 Å². The summed E-state index contributed by atoms with van der Waals surface area (Å²) in [6, 6.07) is 13.8. The first-order valence-electron chi connectivity index (χ1n) is 10.4. The van der Waals surface area contributed by atoms with Crippen molar-refractivity contribution in [1.82, 2.24) is 4.90 Å². The molecule has 30 heavy (non-hydrogen) atoms. The molecule has 2 aliphatic heterocycles. The summed E-state index contributed by atoms with van der Waals surface area (Å²) >= 11 is 0. The minimum atomic E-state index is -0.394. The van der Waals surface area contributed by atoms with Gasteiger partial charge >= 0.3 is 0 Å². The zero-order valence-corrected chi connectivity index (χ0v) is 17.2. The SMILES string of the molecule is Cc1ccc(CC(=O)N2C[C@@H](C(=O)Nc3cccc(F)c3)C3(CCOCC3)C2)cc1. The summed E-state index contributed by atoms with van der Waals surface area (Å²) in [5, 5.41) is 2.85. The number of hydrogen-bond acceptors (Lipinski definition) is 3. The monoisotopic (exact) mass is 410 g/mol. The van der Waals surface area contributed by atoms with Crippen LogP contribution in [0.5, 0.6) is 0 Å². The molecule has 2 aliphatic rings.